The van der Waals surface area contributed by atoms with Crippen LogP contribution in [0.1, 0.15) is 40.2 Å². The van der Waals surface area contributed by atoms with Gasteiger partial charge in [0, 0.05) is 18.4 Å². The third kappa shape index (κ3) is 3.27. The molecule has 1 amide bonds. The van der Waals surface area contributed by atoms with E-state index in [1.165, 1.54) is 11.1 Å². The normalized spacial score (nSPS) is 17.7. The van der Waals surface area contributed by atoms with Crippen molar-refractivity contribution in [2.24, 2.45) is 0 Å². The maximum Gasteiger partial charge on any atom is 0.254 e. The molecule has 21 heavy (non-hydrogen) atoms. The summed E-state index contributed by atoms with van der Waals surface area (Å²) < 4.78 is 0. The van der Waals surface area contributed by atoms with Gasteiger partial charge in [0.15, 0.2) is 0 Å². The van der Waals surface area contributed by atoms with Crippen LogP contribution in [0.25, 0.3) is 0 Å². The van der Waals surface area contributed by atoms with Gasteiger partial charge < -0.3 is 5.32 Å². The van der Waals surface area contributed by atoms with Crippen LogP contribution in [0.5, 0.6) is 0 Å². The topological polar surface area (TPSA) is 54.9 Å². The maximum absolute atomic E-state index is 12.3. The molecule has 0 bridgehead atoms. The Morgan fingerprint density at radius 3 is 2.67 bits per heavy atom. The van der Waals surface area contributed by atoms with Crippen LogP contribution in [-0.2, 0) is 12.8 Å². The summed E-state index contributed by atoms with van der Waals surface area (Å²) in [4.78, 5) is 20.4. The Bertz CT molecular complexity index is 637. The van der Waals surface area contributed by atoms with Gasteiger partial charge in [-0.15, -0.1) is 0 Å². The molecule has 1 atom stereocenters. The molecule has 1 N–H and O–H groups in total. The van der Waals surface area contributed by atoms with Gasteiger partial charge in [0.1, 0.15) is 5.82 Å². The summed E-state index contributed by atoms with van der Waals surface area (Å²) in [6.07, 6.45) is 7.27. The van der Waals surface area contributed by atoms with E-state index in [1.807, 2.05) is 6.92 Å². The SMILES string of the molecule is Cc1ncc(C(=O)NC2CCCc3ccccc3C2)cn1. The van der Waals surface area contributed by atoms with Crippen molar-refractivity contribution in [3.63, 3.8) is 0 Å². The van der Waals surface area contributed by atoms with E-state index in [9.17, 15) is 4.79 Å². The summed E-state index contributed by atoms with van der Waals surface area (Å²) in [7, 11) is 0. The minimum Gasteiger partial charge on any atom is -0.349 e. The maximum atomic E-state index is 12.3. The number of benzene rings is 1. The van der Waals surface area contributed by atoms with Gasteiger partial charge in [0.2, 0.25) is 0 Å². The number of nitrogens with one attached hydrogen (secondary N) is 1. The summed E-state index contributed by atoms with van der Waals surface area (Å²) in [5.41, 5.74) is 3.28. The molecule has 1 aromatic heterocycles. The Morgan fingerprint density at radius 1 is 1.19 bits per heavy atom. The first kappa shape index (κ1) is 13.7. The largest absolute Gasteiger partial charge is 0.349 e. The second-order valence-corrected chi connectivity index (χ2v) is 5.55. The molecule has 0 saturated heterocycles. The summed E-state index contributed by atoms with van der Waals surface area (Å²) in [6.45, 7) is 1.81. The monoisotopic (exact) mass is 281 g/mol. The highest BCUT2D eigenvalue weighted by atomic mass is 16.1. The quantitative estimate of drug-likeness (QED) is 0.860. The lowest BCUT2D eigenvalue weighted by Gasteiger charge is -2.16. The molecule has 1 aliphatic rings. The number of hydrogen-bond donors (Lipinski definition) is 1. The van der Waals surface area contributed by atoms with Crippen molar-refractivity contribution in [1.29, 1.82) is 0 Å². The number of aromatic nitrogens is 2. The first-order valence-corrected chi connectivity index (χ1v) is 7.38. The van der Waals surface area contributed by atoms with Gasteiger partial charge >= 0.3 is 0 Å². The average Bonchev–Trinajstić information content (AvgIpc) is 2.69. The highest BCUT2D eigenvalue weighted by Crippen LogP contribution is 2.20. The van der Waals surface area contributed by atoms with Gasteiger partial charge in [0.05, 0.1) is 5.56 Å². The van der Waals surface area contributed by atoms with Crippen LogP contribution in [0.2, 0.25) is 0 Å². The van der Waals surface area contributed by atoms with Crippen molar-refractivity contribution in [3.8, 4) is 0 Å². The lowest BCUT2D eigenvalue weighted by atomic mass is 10.0. The van der Waals surface area contributed by atoms with Gasteiger partial charge in [0.25, 0.3) is 5.91 Å². The number of carbonyl (C=O) groups is 1. The molecule has 0 aliphatic heterocycles. The van der Waals surface area contributed by atoms with Crippen molar-refractivity contribution in [2.75, 3.05) is 0 Å². The summed E-state index contributed by atoms with van der Waals surface area (Å²) in [6, 6.07) is 8.68. The van der Waals surface area contributed by atoms with E-state index < -0.39 is 0 Å². The van der Waals surface area contributed by atoms with E-state index >= 15 is 0 Å². The fraction of sp³-hybridized carbons (Fsp3) is 0.353. The molecule has 0 radical (unpaired) electrons. The molecule has 3 rings (SSSR count). The molecule has 108 valence electrons. The lowest BCUT2D eigenvalue weighted by molar-refractivity contribution is 0.0934. The van der Waals surface area contributed by atoms with Gasteiger partial charge in [-0.25, -0.2) is 9.97 Å². The van der Waals surface area contributed by atoms with Crippen LogP contribution in [0.15, 0.2) is 36.7 Å². The Hall–Kier alpha value is -2.23. The fourth-order valence-corrected chi connectivity index (χ4v) is 2.81. The summed E-state index contributed by atoms with van der Waals surface area (Å²) in [5.74, 6) is 0.592. The minimum atomic E-state index is -0.0839. The average molecular weight is 281 g/mol. The number of carbonyl (C=O) groups excluding carboxylic acids is 1. The van der Waals surface area contributed by atoms with Crippen molar-refractivity contribution in [3.05, 3.63) is 59.2 Å². The molecule has 2 aromatic rings. The second-order valence-electron chi connectivity index (χ2n) is 5.55. The number of rotatable bonds is 2. The van der Waals surface area contributed by atoms with Crippen LogP contribution in [0.4, 0.5) is 0 Å². The molecule has 1 unspecified atom stereocenters. The predicted octanol–water partition coefficient (Wildman–Crippen LogP) is 2.46. The predicted molar refractivity (Wildman–Crippen MR) is 81.1 cm³/mol. The van der Waals surface area contributed by atoms with Gasteiger partial charge in [-0.05, 0) is 43.7 Å². The molecular formula is C17H19N3O. The molecule has 4 nitrogen and oxygen atoms in total. The van der Waals surface area contributed by atoms with Gasteiger partial charge in [-0.2, -0.15) is 0 Å². The molecule has 1 aliphatic carbocycles. The third-order valence-electron chi connectivity index (χ3n) is 3.96. The molecular weight excluding hydrogens is 262 g/mol. The van der Waals surface area contributed by atoms with Gasteiger partial charge in [-0.3, -0.25) is 4.79 Å². The lowest BCUT2D eigenvalue weighted by Crippen LogP contribution is -2.36. The van der Waals surface area contributed by atoms with Crippen molar-refractivity contribution in [2.45, 2.75) is 38.6 Å². The Morgan fingerprint density at radius 2 is 1.90 bits per heavy atom. The first-order chi connectivity index (χ1) is 10.2. The standard InChI is InChI=1S/C17H19N3O/c1-12-18-10-15(11-19-12)17(21)20-16-8-4-7-13-5-2-3-6-14(13)9-16/h2-3,5-6,10-11,16H,4,7-9H2,1H3,(H,20,21). The second kappa shape index (κ2) is 6.04. The highest BCUT2D eigenvalue weighted by Gasteiger charge is 2.19. The molecule has 1 heterocycles. The number of hydrogen-bond acceptors (Lipinski definition) is 3. The number of aryl methyl sites for hydroxylation is 2. The van der Waals surface area contributed by atoms with E-state index in [4.69, 9.17) is 0 Å². The van der Waals surface area contributed by atoms with E-state index in [0.29, 0.717) is 11.4 Å². The third-order valence-corrected chi connectivity index (χ3v) is 3.96. The van der Waals surface area contributed by atoms with Gasteiger partial charge in [-0.1, -0.05) is 24.3 Å². The Labute approximate surface area is 124 Å². The van der Waals surface area contributed by atoms with Crippen molar-refractivity contribution < 1.29 is 4.79 Å². The molecule has 1 aromatic carbocycles. The molecule has 0 spiro atoms. The van der Waals surface area contributed by atoms with Crippen LogP contribution >= 0.6 is 0 Å². The van der Waals surface area contributed by atoms with E-state index in [-0.39, 0.29) is 11.9 Å². The zero-order chi connectivity index (χ0) is 14.7. The van der Waals surface area contributed by atoms with E-state index in [2.05, 4.69) is 39.6 Å². The molecule has 0 fully saturated rings. The smallest absolute Gasteiger partial charge is 0.254 e. The molecule has 0 saturated carbocycles. The Kier molecular flexibility index (Phi) is 3.95. The van der Waals surface area contributed by atoms with Crippen LogP contribution < -0.4 is 5.32 Å². The zero-order valence-electron chi connectivity index (χ0n) is 12.2. The highest BCUT2D eigenvalue weighted by molar-refractivity contribution is 5.93. The van der Waals surface area contributed by atoms with Crippen LogP contribution in [0.3, 0.4) is 0 Å². The van der Waals surface area contributed by atoms with Crippen molar-refractivity contribution >= 4 is 5.91 Å². The number of amides is 1. The van der Waals surface area contributed by atoms with E-state index in [1.54, 1.807) is 12.4 Å². The van der Waals surface area contributed by atoms with Crippen LogP contribution in [-0.4, -0.2) is 21.9 Å². The number of nitrogens with zero attached hydrogens (tertiary/aromatic N) is 2. The summed E-state index contributed by atoms with van der Waals surface area (Å²) >= 11 is 0. The first-order valence-electron chi connectivity index (χ1n) is 7.38. The van der Waals surface area contributed by atoms with E-state index in [0.717, 1.165) is 25.7 Å². The minimum absolute atomic E-state index is 0.0839. The summed E-state index contributed by atoms with van der Waals surface area (Å²) in [5, 5.41) is 3.12. The Balaban J connectivity index is 1.70. The number of fused-ring (bicyclic) bond motifs is 1. The van der Waals surface area contributed by atoms with Crippen molar-refractivity contribution in [1.82, 2.24) is 15.3 Å². The van der Waals surface area contributed by atoms with Crippen LogP contribution in [0, 0.1) is 6.92 Å². The zero-order valence-corrected chi connectivity index (χ0v) is 12.2. The molecule has 4 heteroatoms. The fourth-order valence-electron chi connectivity index (χ4n) is 2.81.